The lowest BCUT2D eigenvalue weighted by molar-refractivity contribution is -0.133. The fraction of sp³-hybridized carbons (Fsp3) is 0.529. The average molecular weight is 317 g/mol. The zero-order valence-corrected chi connectivity index (χ0v) is 13.6. The summed E-state index contributed by atoms with van der Waals surface area (Å²) in [5, 5.41) is 6.23. The second-order valence-electron chi connectivity index (χ2n) is 6.42. The topological polar surface area (TPSA) is 70.7 Å². The quantitative estimate of drug-likeness (QED) is 0.826. The van der Waals surface area contributed by atoms with E-state index in [0.717, 1.165) is 31.5 Å². The molecule has 0 radical (unpaired) electrons. The zero-order chi connectivity index (χ0) is 16.4. The van der Waals surface area contributed by atoms with Crippen LogP contribution in [0.2, 0.25) is 0 Å². The number of hydrogen-bond acceptors (Lipinski definition) is 4. The van der Waals surface area contributed by atoms with Crippen LogP contribution in [0.3, 0.4) is 0 Å². The predicted octanol–water partition coefficient (Wildman–Crippen LogP) is 1.51. The molecule has 3 rings (SSSR count). The molecule has 2 aliphatic heterocycles. The van der Waals surface area contributed by atoms with Crippen molar-refractivity contribution in [1.82, 2.24) is 15.5 Å². The molecule has 0 spiro atoms. The molecule has 2 aliphatic rings. The molecule has 2 heterocycles. The van der Waals surface area contributed by atoms with Crippen molar-refractivity contribution >= 4 is 11.9 Å². The van der Waals surface area contributed by atoms with Gasteiger partial charge in [-0.3, -0.25) is 9.69 Å². The molecule has 2 unspecified atom stereocenters. The molecular weight excluding hydrogens is 294 g/mol. The number of carbonyl (C=O) groups excluding carboxylic acids is 2. The molecule has 1 aromatic rings. The van der Waals surface area contributed by atoms with Crippen LogP contribution in [0.25, 0.3) is 0 Å². The van der Waals surface area contributed by atoms with Gasteiger partial charge in [-0.1, -0.05) is 12.1 Å². The second-order valence-corrected chi connectivity index (χ2v) is 6.42. The van der Waals surface area contributed by atoms with Crippen molar-refractivity contribution in [3.63, 3.8) is 0 Å². The number of amides is 3. The third kappa shape index (κ3) is 2.91. The summed E-state index contributed by atoms with van der Waals surface area (Å²) in [5.74, 6) is 0.704. The Labute approximate surface area is 136 Å². The number of carbonyl (C=O) groups is 2. The van der Waals surface area contributed by atoms with Crippen molar-refractivity contribution in [2.75, 3.05) is 20.2 Å². The minimum absolute atomic E-state index is 0.128. The number of benzene rings is 1. The number of piperidine rings is 1. The minimum atomic E-state index is -0.816. The van der Waals surface area contributed by atoms with Crippen molar-refractivity contribution in [2.45, 2.75) is 31.8 Å². The number of hydrogen-bond donors (Lipinski definition) is 2. The van der Waals surface area contributed by atoms with Crippen LogP contribution >= 0.6 is 0 Å². The van der Waals surface area contributed by atoms with Gasteiger partial charge in [0.25, 0.3) is 5.91 Å². The fourth-order valence-corrected chi connectivity index (χ4v) is 3.43. The van der Waals surface area contributed by atoms with Crippen molar-refractivity contribution < 1.29 is 14.3 Å². The smallest absolute Gasteiger partial charge is 0.325 e. The van der Waals surface area contributed by atoms with Crippen LogP contribution < -0.4 is 15.4 Å². The Morgan fingerprint density at radius 2 is 2.22 bits per heavy atom. The molecule has 0 saturated carbocycles. The Morgan fingerprint density at radius 1 is 1.39 bits per heavy atom. The number of urea groups is 1. The van der Waals surface area contributed by atoms with E-state index in [-0.39, 0.29) is 24.4 Å². The third-order valence-corrected chi connectivity index (χ3v) is 4.89. The Hall–Kier alpha value is -2.08. The van der Waals surface area contributed by atoms with Crippen LogP contribution in [0.4, 0.5) is 4.79 Å². The van der Waals surface area contributed by atoms with Gasteiger partial charge >= 0.3 is 6.03 Å². The number of nitrogens with zero attached hydrogens (tertiary/aromatic N) is 1. The maximum atomic E-state index is 12.9. The summed E-state index contributed by atoms with van der Waals surface area (Å²) in [6.07, 6.45) is 1.97. The number of nitrogens with one attached hydrogen (secondary N) is 2. The summed E-state index contributed by atoms with van der Waals surface area (Å²) in [5.41, 5.74) is 0.0579. The van der Waals surface area contributed by atoms with Crippen LogP contribution in [0.1, 0.15) is 25.3 Å². The normalized spacial score (nSPS) is 27.9. The van der Waals surface area contributed by atoms with Crippen molar-refractivity contribution in [3.05, 3.63) is 29.8 Å². The highest BCUT2D eigenvalue weighted by molar-refractivity contribution is 6.07. The SMILES string of the molecule is COc1cccc(CN2C(=O)NC(C)(C3CCCNC3)C2=O)c1. The van der Waals surface area contributed by atoms with Crippen molar-refractivity contribution in [2.24, 2.45) is 5.92 Å². The lowest BCUT2D eigenvalue weighted by Crippen LogP contribution is -2.55. The van der Waals surface area contributed by atoms with Gasteiger partial charge in [0.1, 0.15) is 11.3 Å². The number of methoxy groups -OCH3 is 1. The van der Waals surface area contributed by atoms with Crippen LogP contribution in [-0.4, -0.2) is 42.6 Å². The van der Waals surface area contributed by atoms with Gasteiger partial charge in [-0.25, -0.2) is 4.79 Å². The summed E-state index contributed by atoms with van der Waals surface area (Å²) in [4.78, 5) is 26.5. The van der Waals surface area contributed by atoms with Crippen LogP contribution in [0.5, 0.6) is 5.75 Å². The monoisotopic (exact) mass is 317 g/mol. The highest BCUT2D eigenvalue weighted by Gasteiger charge is 2.52. The van der Waals surface area contributed by atoms with Crippen molar-refractivity contribution in [3.8, 4) is 5.75 Å². The summed E-state index contributed by atoms with van der Waals surface area (Å²) >= 11 is 0. The molecule has 6 heteroatoms. The number of ether oxygens (including phenoxy) is 1. The first-order chi connectivity index (χ1) is 11.0. The molecule has 2 fully saturated rings. The number of imide groups is 1. The Bertz CT molecular complexity index is 613. The molecule has 6 nitrogen and oxygen atoms in total. The lowest BCUT2D eigenvalue weighted by Gasteiger charge is -2.34. The molecule has 124 valence electrons. The van der Waals surface area contributed by atoms with Crippen molar-refractivity contribution in [1.29, 1.82) is 0 Å². The molecule has 0 aromatic heterocycles. The molecule has 2 saturated heterocycles. The predicted molar refractivity (Wildman–Crippen MR) is 86.1 cm³/mol. The maximum absolute atomic E-state index is 12.9. The Morgan fingerprint density at radius 3 is 2.91 bits per heavy atom. The minimum Gasteiger partial charge on any atom is -0.497 e. The molecule has 3 amide bonds. The molecule has 2 atom stereocenters. The molecule has 0 aliphatic carbocycles. The van der Waals surface area contributed by atoms with E-state index >= 15 is 0 Å². The van der Waals surface area contributed by atoms with Gasteiger partial charge < -0.3 is 15.4 Å². The highest BCUT2D eigenvalue weighted by Crippen LogP contribution is 2.31. The van der Waals surface area contributed by atoms with E-state index in [4.69, 9.17) is 4.74 Å². The van der Waals surface area contributed by atoms with E-state index < -0.39 is 5.54 Å². The fourth-order valence-electron chi connectivity index (χ4n) is 3.43. The molecule has 23 heavy (non-hydrogen) atoms. The average Bonchev–Trinajstić information content (AvgIpc) is 2.80. The molecule has 2 N–H and O–H groups in total. The first-order valence-corrected chi connectivity index (χ1v) is 8.02. The van der Waals surface area contributed by atoms with E-state index in [0.29, 0.717) is 5.75 Å². The second kappa shape index (κ2) is 6.20. The standard InChI is InChI=1S/C17H23N3O3/c1-17(13-6-4-8-18-10-13)15(21)20(16(22)19-17)11-12-5-3-7-14(9-12)23-2/h3,5,7,9,13,18H,4,6,8,10-11H2,1-2H3,(H,19,22). The van der Waals surface area contributed by atoms with Gasteiger partial charge in [-0.05, 0) is 44.0 Å². The highest BCUT2D eigenvalue weighted by atomic mass is 16.5. The molecule has 1 aromatic carbocycles. The summed E-state index contributed by atoms with van der Waals surface area (Å²) in [7, 11) is 1.60. The van der Waals surface area contributed by atoms with E-state index in [1.54, 1.807) is 7.11 Å². The first-order valence-electron chi connectivity index (χ1n) is 8.02. The summed E-state index contributed by atoms with van der Waals surface area (Å²) in [6.45, 7) is 3.84. The zero-order valence-electron chi connectivity index (χ0n) is 13.6. The van der Waals surface area contributed by atoms with Gasteiger partial charge in [0.15, 0.2) is 0 Å². The molecular formula is C17H23N3O3. The van der Waals surface area contributed by atoms with Crippen LogP contribution in [0.15, 0.2) is 24.3 Å². The summed E-state index contributed by atoms with van der Waals surface area (Å²) in [6, 6.07) is 7.12. The van der Waals surface area contributed by atoms with Gasteiger partial charge in [0.05, 0.1) is 13.7 Å². The first kappa shape index (κ1) is 15.8. The van der Waals surface area contributed by atoms with E-state index in [2.05, 4.69) is 10.6 Å². The van der Waals surface area contributed by atoms with Crippen LogP contribution in [0, 0.1) is 5.92 Å². The lowest BCUT2D eigenvalue weighted by atomic mass is 9.80. The van der Waals surface area contributed by atoms with E-state index in [1.807, 2.05) is 31.2 Å². The van der Waals surface area contributed by atoms with Gasteiger partial charge in [-0.15, -0.1) is 0 Å². The van der Waals surface area contributed by atoms with Gasteiger partial charge in [-0.2, -0.15) is 0 Å². The van der Waals surface area contributed by atoms with E-state index in [1.165, 1.54) is 4.90 Å². The van der Waals surface area contributed by atoms with E-state index in [9.17, 15) is 9.59 Å². The maximum Gasteiger partial charge on any atom is 0.325 e. The summed E-state index contributed by atoms with van der Waals surface area (Å²) < 4.78 is 5.20. The largest absolute Gasteiger partial charge is 0.497 e. The molecule has 0 bridgehead atoms. The Balaban J connectivity index is 1.78. The van der Waals surface area contributed by atoms with Gasteiger partial charge in [0.2, 0.25) is 0 Å². The Kier molecular flexibility index (Phi) is 4.26. The number of rotatable bonds is 4. The van der Waals surface area contributed by atoms with Crippen LogP contribution in [-0.2, 0) is 11.3 Å². The third-order valence-electron chi connectivity index (χ3n) is 4.89. The van der Waals surface area contributed by atoms with Gasteiger partial charge in [0, 0.05) is 12.5 Å².